The number of benzene rings is 2. The van der Waals surface area contributed by atoms with Crippen LogP contribution in [-0.4, -0.2) is 23.3 Å². The van der Waals surface area contributed by atoms with E-state index in [-0.39, 0.29) is 6.42 Å². The number of nitrogens with one attached hydrogen (secondary N) is 1. The smallest absolute Gasteiger partial charge is 0.304 e. The van der Waals surface area contributed by atoms with Crippen molar-refractivity contribution in [1.82, 2.24) is 5.32 Å². The summed E-state index contributed by atoms with van der Waals surface area (Å²) in [6.45, 7) is 4.48. The van der Waals surface area contributed by atoms with E-state index in [1.807, 2.05) is 44.2 Å². The van der Waals surface area contributed by atoms with Gasteiger partial charge in [0.2, 0.25) is 0 Å². The van der Waals surface area contributed by atoms with Crippen LogP contribution in [0.15, 0.2) is 54.6 Å². The van der Waals surface area contributed by atoms with E-state index in [1.54, 1.807) is 0 Å². The Hall–Kier alpha value is -2.33. The molecule has 0 spiro atoms. The molecule has 2 N–H and O–H groups in total. The number of aliphatic carboxylic acids is 1. The van der Waals surface area contributed by atoms with Gasteiger partial charge in [-0.2, -0.15) is 0 Å². The van der Waals surface area contributed by atoms with E-state index < -0.39 is 11.7 Å². The maximum atomic E-state index is 10.8. The van der Waals surface area contributed by atoms with Crippen molar-refractivity contribution in [3.8, 4) is 5.75 Å². The summed E-state index contributed by atoms with van der Waals surface area (Å²) in [6.07, 6.45) is 2.45. The molecule has 0 radical (unpaired) electrons. The van der Waals surface area contributed by atoms with Crippen molar-refractivity contribution >= 4 is 5.97 Å². The first-order chi connectivity index (χ1) is 12.1. The molecule has 0 fully saturated rings. The summed E-state index contributed by atoms with van der Waals surface area (Å²) < 4.78 is 6.26. The SMILES string of the molecule is CCC(CC)(NCCC(=O)O)Oc1cccc(Cc2ccccc2)c1. The highest BCUT2D eigenvalue weighted by Gasteiger charge is 2.27. The zero-order chi connectivity index (χ0) is 18.1. The van der Waals surface area contributed by atoms with E-state index in [9.17, 15) is 4.79 Å². The molecule has 0 aromatic heterocycles. The van der Waals surface area contributed by atoms with Gasteiger partial charge in [0.05, 0.1) is 6.42 Å². The monoisotopic (exact) mass is 341 g/mol. The molecule has 0 amide bonds. The molecule has 0 atom stereocenters. The number of carboxylic acids is 1. The van der Waals surface area contributed by atoms with Gasteiger partial charge in [0, 0.05) is 6.54 Å². The number of carboxylic acid groups (broad SMARTS) is 1. The van der Waals surface area contributed by atoms with Crippen LogP contribution in [0.4, 0.5) is 0 Å². The second kappa shape index (κ2) is 9.23. The molecule has 2 rings (SSSR count). The molecule has 4 nitrogen and oxygen atoms in total. The molecule has 2 aromatic rings. The number of carbonyl (C=O) groups is 1. The third kappa shape index (κ3) is 5.91. The fourth-order valence-corrected chi connectivity index (χ4v) is 2.85. The molecule has 0 aliphatic carbocycles. The van der Waals surface area contributed by atoms with Crippen LogP contribution in [0.3, 0.4) is 0 Å². The van der Waals surface area contributed by atoms with Crippen molar-refractivity contribution in [2.75, 3.05) is 6.54 Å². The fraction of sp³-hybridized carbons (Fsp3) is 0.381. The van der Waals surface area contributed by atoms with Crippen LogP contribution in [0.25, 0.3) is 0 Å². The summed E-state index contributed by atoms with van der Waals surface area (Å²) >= 11 is 0. The maximum Gasteiger partial charge on any atom is 0.304 e. The molecule has 0 bridgehead atoms. The Morgan fingerprint density at radius 1 is 1.04 bits per heavy atom. The van der Waals surface area contributed by atoms with Crippen molar-refractivity contribution in [2.45, 2.75) is 45.3 Å². The Labute approximate surface area is 149 Å². The highest BCUT2D eigenvalue weighted by atomic mass is 16.5. The van der Waals surface area contributed by atoms with Gasteiger partial charge in [-0.25, -0.2) is 0 Å². The predicted octanol–water partition coefficient (Wildman–Crippen LogP) is 4.24. The molecule has 0 aliphatic heterocycles. The number of ether oxygens (including phenoxy) is 1. The Balaban J connectivity index is 2.08. The zero-order valence-electron chi connectivity index (χ0n) is 15.0. The van der Waals surface area contributed by atoms with E-state index >= 15 is 0 Å². The van der Waals surface area contributed by atoms with Crippen LogP contribution >= 0.6 is 0 Å². The highest BCUT2D eigenvalue weighted by Crippen LogP contribution is 2.24. The molecule has 25 heavy (non-hydrogen) atoms. The summed E-state index contributed by atoms with van der Waals surface area (Å²) in [5.74, 6) is -0.00146. The molecule has 0 aliphatic rings. The third-order valence-corrected chi connectivity index (χ3v) is 4.39. The highest BCUT2D eigenvalue weighted by molar-refractivity contribution is 5.66. The quantitative estimate of drug-likeness (QED) is 0.635. The van der Waals surface area contributed by atoms with E-state index in [0.717, 1.165) is 25.0 Å². The standard InChI is InChI=1S/C21H27NO3/c1-3-21(4-2,22-14-13-20(23)24)25-19-12-8-11-18(16-19)15-17-9-6-5-7-10-17/h5-12,16,22H,3-4,13-15H2,1-2H3,(H,23,24). The Morgan fingerprint density at radius 2 is 1.72 bits per heavy atom. The molecule has 0 unspecified atom stereocenters. The number of rotatable bonds is 10. The molecule has 4 heteroatoms. The van der Waals surface area contributed by atoms with Gasteiger partial charge in [-0.05, 0) is 42.5 Å². The first-order valence-corrected chi connectivity index (χ1v) is 8.85. The average molecular weight is 341 g/mol. The maximum absolute atomic E-state index is 10.8. The second-order valence-corrected chi connectivity index (χ2v) is 6.18. The lowest BCUT2D eigenvalue weighted by Gasteiger charge is -2.34. The largest absolute Gasteiger partial charge is 0.481 e. The van der Waals surface area contributed by atoms with Crippen LogP contribution in [0.1, 0.15) is 44.2 Å². The molecule has 0 saturated carbocycles. The van der Waals surface area contributed by atoms with Gasteiger partial charge >= 0.3 is 5.97 Å². The van der Waals surface area contributed by atoms with Crippen molar-refractivity contribution in [1.29, 1.82) is 0 Å². The van der Waals surface area contributed by atoms with E-state index in [1.165, 1.54) is 11.1 Å². The van der Waals surface area contributed by atoms with Gasteiger partial charge < -0.3 is 9.84 Å². The third-order valence-electron chi connectivity index (χ3n) is 4.39. The predicted molar refractivity (Wildman–Crippen MR) is 99.9 cm³/mol. The summed E-state index contributed by atoms with van der Waals surface area (Å²) in [5.41, 5.74) is 1.91. The van der Waals surface area contributed by atoms with E-state index in [2.05, 4.69) is 29.6 Å². The van der Waals surface area contributed by atoms with Gasteiger partial charge in [-0.15, -0.1) is 0 Å². The summed E-state index contributed by atoms with van der Waals surface area (Å²) in [6, 6.07) is 18.4. The molecule has 0 saturated heterocycles. The van der Waals surface area contributed by atoms with Crippen LogP contribution in [0, 0.1) is 0 Å². The van der Waals surface area contributed by atoms with Crippen molar-refractivity contribution < 1.29 is 14.6 Å². The van der Waals surface area contributed by atoms with Gasteiger partial charge in [0.1, 0.15) is 5.75 Å². The van der Waals surface area contributed by atoms with Crippen LogP contribution < -0.4 is 10.1 Å². The molecular weight excluding hydrogens is 314 g/mol. The zero-order valence-corrected chi connectivity index (χ0v) is 15.0. The summed E-state index contributed by atoms with van der Waals surface area (Å²) in [5, 5.41) is 12.1. The molecular formula is C21H27NO3. The molecule has 0 heterocycles. The molecule has 2 aromatic carbocycles. The first-order valence-electron chi connectivity index (χ1n) is 8.85. The van der Waals surface area contributed by atoms with Gasteiger partial charge in [-0.1, -0.05) is 56.3 Å². The average Bonchev–Trinajstić information content (AvgIpc) is 2.62. The summed E-state index contributed by atoms with van der Waals surface area (Å²) in [7, 11) is 0. The minimum Gasteiger partial charge on any atom is -0.481 e. The number of hydrogen-bond acceptors (Lipinski definition) is 3. The fourth-order valence-electron chi connectivity index (χ4n) is 2.85. The lowest BCUT2D eigenvalue weighted by atomic mass is 10.0. The van der Waals surface area contributed by atoms with Crippen LogP contribution in [-0.2, 0) is 11.2 Å². The Morgan fingerprint density at radius 3 is 2.36 bits per heavy atom. The Bertz CT molecular complexity index is 666. The number of hydrogen-bond donors (Lipinski definition) is 2. The topological polar surface area (TPSA) is 58.6 Å². The minimum atomic E-state index is -0.807. The van der Waals surface area contributed by atoms with Crippen molar-refractivity contribution in [3.05, 3.63) is 65.7 Å². The van der Waals surface area contributed by atoms with Gasteiger partial charge in [0.15, 0.2) is 5.72 Å². The molecule has 134 valence electrons. The Kier molecular flexibility index (Phi) is 7.02. The van der Waals surface area contributed by atoms with E-state index in [0.29, 0.717) is 6.54 Å². The van der Waals surface area contributed by atoms with Gasteiger partial charge in [0.25, 0.3) is 0 Å². The first kappa shape index (κ1) is 19.0. The van der Waals surface area contributed by atoms with Crippen molar-refractivity contribution in [2.24, 2.45) is 0 Å². The van der Waals surface area contributed by atoms with Crippen LogP contribution in [0.5, 0.6) is 5.75 Å². The lowest BCUT2D eigenvalue weighted by molar-refractivity contribution is -0.137. The van der Waals surface area contributed by atoms with Crippen molar-refractivity contribution in [3.63, 3.8) is 0 Å². The van der Waals surface area contributed by atoms with Crippen LogP contribution in [0.2, 0.25) is 0 Å². The lowest BCUT2D eigenvalue weighted by Crippen LogP contribution is -2.50. The second-order valence-electron chi connectivity index (χ2n) is 6.18. The normalized spacial score (nSPS) is 11.3. The summed E-state index contributed by atoms with van der Waals surface area (Å²) in [4.78, 5) is 10.8. The van der Waals surface area contributed by atoms with E-state index in [4.69, 9.17) is 9.84 Å². The minimum absolute atomic E-state index is 0.0825. The van der Waals surface area contributed by atoms with Gasteiger partial charge in [-0.3, -0.25) is 10.1 Å².